The molecule has 0 aromatic heterocycles. The molecule has 1 aromatic rings. The molecule has 0 saturated heterocycles. The summed E-state index contributed by atoms with van der Waals surface area (Å²) in [6, 6.07) is 4.52. The van der Waals surface area contributed by atoms with Gasteiger partial charge in [-0.3, -0.25) is 14.9 Å². The van der Waals surface area contributed by atoms with E-state index in [1.54, 1.807) is 0 Å². The van der Waals surface area contributed by atoms with E-state index in [4.69, 9.17) is 10.3 Å². The van der Waals surface area contributed by atoms with Gasteiger partial charge in [0.25, 0.3) is 5.69 Å². The van der Waals surface area contributed by atoms with E-state index in [1.165, 1.54) is 24.3 Å². The maximum Gasteiger partial charge on any atom is 0.305 e. The summed E-state index contributed by atoms with van der Waals surface area (Å²) in [4.78, 5) is 20.3. The highest BCUT2D eigenvalue weighted by molar-refractivity contribution is 5.67. The standard InChI is InChI=1S/C9H10N2O5/c12-9(13)5-8(10-14)6-1-3-7(4-2-6)11(15)16/h1-4,8,10,14H,5H2,(H,12,13). The van der Waals surface area contributed by atoms with Gasteiger partial charge in [0.15, 0.2) is 0 Å². The zero-order valence-electron chi connectivity index (χ0n) is 8.16. The van der Waals surface area contributed by atoms with Crippen molar-refractivity contribution in [2.75, 3.05) is 0 Å². The molecule has 86 valence electrons. The summed E-state index contributed by atoms with van der Waals surface area (Å²) in [5.41, 5.74) is 2.23. The Morgan fingerprint density at radius 2 is 2.00 bits per heavy atom. The number of carbonyl (C=O) groups is 1. The van der Waals surface area contributed by atoms with Gasteiger partial charge in [-0.25, -0.2) is 0 Å². The maximum absolute atomic E-state index is 10.5. The van der Waals surface area contributed by atoms with Crippen molar-refractivity contribution < 1.29 is 20.0 Å². The first-order valence-electron chi connectivity index (χ1n) is 4.40. The lowest BCUT2D eigenvalue weighted by Crippen LogP contribution is -2.20. The first-order valence-corrected chi connectivity index (χ1v) is 4.40. The number of rotatable bonds is 5. The number of hydroxylamine groups is 1. The fourth-order valence-electron chi connectivity index (χ4n) is 1.24. The van der Waals surface area contributed by atoms with Crippen molar-refractivity contribution in [2.45, 2.75) is 12.5 Å². The number of nitrogens with zero attached hydrogens (tertiary/aromatic N) is 1. The Bertz CT molecular complexity index is 389. The predicted molar refractivity (Wildman–Crippen MR) is 53.0 cm³/mol. The minimum absolute atomic E-state index is 0.0873. The van der Waals surface area contributed by atoms with Crippen molar-refractivity contribution in [3.05, 3.63) is 39.9 Å². The minimum Gasteiger partial charge on any atom is -0.481 e. The quantitative estimate of drug-likeness (QED) is 0.511. The van der Waals surface area contributed by atoms with Gasteiger partial charge < -0.3 is 10.3 Å². The summed E-state index contributed by atoms with van der Waals surface area (Å²) < 4.78 is 0. The van der Waals surface area contributed by atoms with Crippen molar-refractivity contribution in [3.63, 3.8) is 0 Å². The van der Waals surface area contributed by atoms with Crippen molar-refractivity contribution in [1.82, 2.24) is 5.48 Å². The monoisotopic (exact) mass is 226 g/mol. The second-order valence-electron chi connectivity index (χ2n) is 3.13. The third kappa shape index (κ3) is 3.01. The lowest BCUT2D eigenvalue weighted by Gasteiger charge is -2.12. The summed E-state index contributed by atoms with van der Waals surface area (Å²) >= 11 is 0. The van der Waals surface area contributed by atoms with Crippen molar-refractivity contribution in [1.29, 1.82) is 0 Å². The highest BCUT2D eigenvalue weighted by atomic mass is 16.6. The molecule has 0 aliphatic heterocycles. The molecule has 16 heavy (non-hydrogen) atoms. The molecule has 0 amide bonds. The van der Waals surface area contributed by atoms with Gasteiger partial charge >= 0.3 is 5.97 Å². The molecule has 7 nitrogen and oxygen atoms in total. The Balaban J connectivity index is 2.86. The van der Waals surface area contributed by atoms with Gasteiger partial charge in [-0.2, -0.15) is 5.48 Å². The van der Waals surface area contributed by atoms with Gasteiger partial charge in [-0.15, -0.1) is 0 Å². The van der Waals surface area contributed by atoms with Crippen LogP contribution in [0.4, 0.5) is 5.69 Å². The van der Waals surface area contributed by atoms with Gasteiger partial charge in [0.2, 0.25) is 0 Å². The molecule has 0 saturated carbocycles. The number of non-ortho nitro benzene ring substituents is 1. The first kappa shape index (κ1) is 12.1. The molecule has 0 heterocycles. The number of hydrogen-bond donors (Lipinski definition) is 3. The first-order chi connectivity index (χ1) is 7.54. The maximum atomic E-state index is 10.5. The molecule has 0 bridgehead atoms. The molecular formula is C9H10N2O5. The second-order valence-corrected chi connectivity index (χ2v) is 3.13. The smallest absolute Gasteiger partial charge is 0.305 e. The topological polar surface area (TPSA) is 113 Å². The fourth-order valence-corrected chi connectivity index (χ4v) is 1.24. The molecule has 0 spiro atoms. The van der Waals surface area contributed by atoms with Gasteiger partial charge in [-0.1, -0.05) is 12.1 Å². The Kier molecular flexibility index (Phi) is 3.92. The van der Waals surface area contributed by atoms with E-state index < -0.39 is 16.9 Å². The van der Waals surface area contributed by atoms with Crippen molar-refractivity contribution in [2.24, 2.45) is 0 Å². The number of carboxylic acids is 1. The summed E-state index contributed by atoms with van der Waals surface area (Å²) in [5.74, 6) is -1.08. The molecule has 0 aliphatic carbocycles. The Labute approximate surface area is 90.4 Å². The minimum atomic E-state index is -1.08. The third-order valence-corrected chi connectivity index (χ3v) is 2.04. The molecular weight excluding hydrogens is 216 g/mol. The van der Waals surface area contributed by atoms with Crippen LogP contribution in [0.25, 0.3) is 0 Å². The highest BCUT2D eigenvalue weighted by Crippen LogP contribution is 2.19. The van der Waals surface area contributed by atoms with Crippen molar-refractivity contribution >= 4 is 11.7 Å². The number of benzene rings is 1. The molecule has 0 radical (unpaired) electrons. The third-order valence-electron chi connectivity index (χ3n) is 2.04. The lowest BCUT2D eigenvalue weighted by molar-refractivity contribution is -0.384. The SMILES string of the molecule is O=C(O)CC(NO)c1ccc([N+](=O)[O-])cc1. The number of hydrogen-bond acceptors (Lipinski definition) is 5. The predicted octanol–water partition coefficient (Wildman–Crippen LogP) is 1.09. The van der Waals surface area contributed by atoms with E-state index in [2.05, 4.69) is 0 Å². The van der Waals surface area contributed by atoms with Crippen LogP contribution in [0, 0.1) is 10.1 Å². The largest absolute Gasteiger partial charge is 0.481 e. The number of aliphatic carboxylic acids is 1. The Hall–Kier alpha value is -1.99. The normalized spacial score (nSPS) is 12.1. The molecule has 1 rings (SSSR count). The zero-order valence-corrected chi connectivity index (χ0v) is 8.16. The van der Waals surface area contributed by atoms with Gasteiger partial charge in [0.05, 0.1) is 17.4 Å². The van der Waals surface area contributed by atoms with Crippen LogP contribution < -0.4 is 5.48 Å². The van der Waals surface area contributed by atoms with Crippen LogP contribution in [0.15, 0.2) is 24.3 Å². The van der Waals surface area contributed by atoms with Gasteiger partial charge in [0, 0.05) is 12.1 Å². The molecule has 1 aromatic carbocycles. The van der Waals surface area contributed by atoms with Crippen LogP contribution in [0.2, 0.25) is 0 Å². The van der Waals surface area contributed by atoms with Crippen LogP contribution in [-0.2, 0) is 4.79 Å². The van der Waals surface area contributed by atoms with Crippen molar-refractivity contribution in [3.8, 4) is 0 Å². The average molecular weight is 226 g/mol. The van der Waals surface area contributed by atoms with Crippen LogP contribution in [0.1, 0.15) is 18.0 Å². The second kappa shape index (κ2) is 5.19. The van der Waals surface area contributed by atoms with E-state index in [0.717, 1.165) is 0 Å². The number of carboxylic acid groups (broad SMARTS) is 1. The summed E-state index contributed by atoms with van der Waals surface area (Å²) in [6.07, 6.45) is -0.311. The van der Waals surface area contributed by atoms with E-state index in [1.807, 2.05) is 5.48 Å². The summed E-state index contributed by atoms with van der Waals surface area (Å²) in [7, 11) is 0. The molecule has 1 atom stereocenters. The van der Waals surface area contributed by atoms with Crippen LogP contribution in [0.3, 0.4) is 0 Å². The molecule has 0 fully saturated rings. The van der Waals surface area contributed by atoms with E-state index in [0.29, 0.717) is 5.56 Å². The average Bonchev–Trinajstić information content (AvgIpc) is 2.25. The van der Waals surface area contributed by atoms with Gasteiger partial charge in [0.1, 0.15) is 0 Å². The van der Waals surface area contributed by atoms with Crippen LogP contribution in [-0.4, -0.2) is 21.2 Å². The lowest BCUT2D eigenvalue weighted by atomic mass is 10.0. The van der Waals surface area contributed by atoms with E-state index in [-0.39, 0.29) is 12.1 Å². The van der Waals surface area contributed by atoms with Gasteiger partial charge in [-0.05, 0) is 5.56 Å². The highest BCUT2D eigenvalue weighted by Gasteiger charge is 2.15. The molecule has 3 N–H and O–H groups in total. The molecule has 1 unspecified atom stereocenters. The summed E-state index contributed by atoms with van der Waals surface area (Å²) in [6.45, 7) is 0. The molecule has 7 heteroatoms. The van der Waals surface area contributed by atoms with Crippen LogP contribution in [0.5, 0.6) is 0 Å². The number of nitro benzene ring substituents is 1. The molecule has 0 aliphatic rings. The number of nitro groups is 1. The fraction of sp³-hybridized carbons (Fsp3) is 0.222. The zero-order chi connectivity index (χ0) is 12.1. The summed E-state index contributed by atoms with van der Waals surface area (Å²) in [5, 5.41) is 27.7. The Morgan fingerprint density at radius 3 is 2.38 bits per heavy atom. The van der Waals surface area contributed by atoms with Crippen LogP contribution >= 0.6 is 0 Å². The van der Waals surface area contributed by atoms with E-state index in [9.17, 15) is 14.9 Å². The Morgan fingerprint density at radius 1 is 1.44 bits per heavy atom. The van der Waals surface area contributed by atoms with E-state index >= 15 is 0 Å². The number of nitrogens with one attached hydrogen (secondary N) is 1.